The molecule has 0 aliphatic rings. The minimum absolute atomic E-state index is 0.381. The van der Waals surface area contributed by atoms with Gasteiger partial charge in [0.25, 0.3) is 0 Å². The predicted molar refractivity (Wildman–Crippen MR) is 84.4 cm³/mol. The van der Waals surface area contributed by atoms with E-state index in [0.717, 1.165) is 42.5 Å². The van der Waals surface area contributed by atoms with E-state index < -0.39 is 0 Å². The van der Waals surface area contributed by atoms with E-state index in [0.29, 0.717) is 0 Å². The lowest BCUT2D eigenvalue weighted by Gasteiger charge is -2.20. The Labute approximate surface area is 125 Å². The zero-order chi connectivity index (χ0) is 14.3. The van der Waals surface area contributed by atoms with Gasteiger partial charge >= 0.3 is 0 Å². The summed E-state index contributed by atoms with van der Waals surface area (Å²) < 4.78 is 1.02. The number of halogens is 1. The number of nitrogens with zero attached hydrogens (tertiary/aromatic N) is 2. The zero-order valence-electron chi connectivity index (χ0n) is 12.1. The topological polar surface area (TPSA) is 26.7 Å². The van der Waals surface area contributed by atoms with Crippen molar-refractivity contribution in [1.29, 1.82) is 0 Å². The molecule has 0 aromatic heterocycles. The van der Waals surface area contributed by atoms with Crippen molar-refractivity contribution >= 4 is 15.9 Å². The van der Waals surface area contributed by atoms with E-state index >= 15 is 0 Å². The van der Waals surface area contributed by atoms with Crippen molar-refractivity contribution in [3.05, 3.63) is 34.3 Å². The second-order valence-electron chi connectivity index (χ2n) is 5.32. The van der Waals surface area contributed by atoms with E-state index in [-0.39, 0.29) is 6.10 Å². The average Bonchev–Trinajstić information content (AvgIpc) is 2.35. The molecule has 19 heavy (non-hydrogen) atoms. The van der Waals surface area contributed by atoms with Gasteiger partial charge in [-0.1, -0.05) is 28.1 Å². The van der Waals surface area contributed by atoms with Gasteiger partial charge in [0.15, 0.2) is 0 Å². The Hall–Kier alpha value is -0.420. The Morgan fingerprint density at radius 1 is 1.16 bits per heavy atom. The third-order valence-corrected chi connectivity index (χ3v) is 3.66. The van der Waals surface area contributed by atoms with Gasteiger partial charge in [-0.3, -0.25) is 0 Å². The minimum Gasteiger partial charge on any atom is -0.388 e. The second-order valence-corrected chi connectivity index (χ2v) is 6.24. The Balaban J connectivity index is 2.27. The van der Waals surface area contributed by atoms with E-state index in [2.05, 4.69) is 46.9 Å². The lowest BCUT2D eigenvalue weighted by Crippen LogP contribution is -2.25. The van der Waals surface area contributed by atoms with E-state index in [4.69, 9.17) is 0 Å². The van der Waals surface area contributed by atoms with Crippen LogP contribution in [0.25, 0.3) is 0 Å². The number of aliphatic hydroxyl groups is 1. The van der Waals surface area contributed by atoms with Crippen molar-refractivity contribution in [1.82, 2.24) is 9.80 Å². The smallest absolute Gasteiger partial charge is 0.0802 e. The SMILES string of the molecule is CN(C)CCCN(C)CCC(O)c1cccc(Br)c1. The van der Waals surface area contributed by atoms with Gasteiger partial charge in [-0.2, -0.15) is 0 Å². The van der Waals surface area contributed by atoms with E-state index in [1.54, 1.807) is 0 Å². The molecule has 0 aliphatic heterocycles. The van der Waals surface area contributed by atoms with Gasteiger partial charge in [-0.15, -0.1) is 0 Å². The Morgan fingerprint density at radius 3 is 2.53 bits per heavy atom. The summed E-state index contributed by atoms with van der Waals surface area (Å²) in [6.45, 7) is 3.10. The fourth-order valence-corrected chi connectivity index (χ4v) is 2.41. The first-order valence-electron chi connectivity index (χ1n) is 6.76. The van der Waals surface area contributed by atoms with Crippen LogP contribution in [-0.4, -0.2) is 55.7 Å². The van der Waals surface area contributed by atoms with Crippen LogP contribution in [0, 0.1) is 0 Å². The Bertz CT molecular complexity index is 371. The maximum Gasteiger partial charge on any atom is 0.0802 e. The zero-order valence-corrected chi connectivity index (χ0v) is 13.7. The van der Waals surface area contributed by atoms with Crippen molar-refractivity contribution in [3.63, 3.8) is 0 Å². The Kier molecular flexibility index (Phi) is 7.61. The number of hydrogen-bond donors (Lipinski definition) is 1. The normalized spacial score (nSPS) is 13.2. The molecule has 4 heteroatoms. The van der Waals surface area contributed by atoms with Gasteiger partial charge in [0, 0.05) is 11.0 Å². The van der Waals surface area contributed by atoms with E-state index in [9.17, 15) is 5.11 Å². The van der Waals surface area contributed by atoms with Crippen molar-refractivity contribution in [2.24, 2.45) is 0 Å². The van der Waals surface area contributed by atoms with Gasteiger partial charge in [0.2, 0.25) is 0 Å². The summed E-state index contributed by atoms with van der Waals surface area (Å²) in [6.07, 6.45) is 1.56. The Morgan fingerprint density at radius 2 is 1.89 bits per heavy atom. The van der Waals surface area contributed by atoms with Gasteiger partial charge in [-0.25, -0.2) is 0 Å². The predicted octanol–water partition coefficient (Wildman–Crippen LogP) is 2.76. The summed E-state index contributed by atoms with van der Waals surface area (Å²) >= 11 is 3.43. The fraction of sp³-hybridized carbons (Fsp3) is 0.600. The second kappa shape index (κ2) is 8.69. The third-order valence-electron chi connectivity index (χ3n) is 3.16. The summed E-state index contributed by atoms with van der Waals surface area (Å²) in [4.78, 5) is 4.48. The molecule has 0 saturated heterocycles. The largest absolute Gasteiger partial charge is 0.388 e. The van der Waals surface area contributed by atoms with Gasteiger partial charge in [0.05, 0.1) is 6.10 Å². The van der Waals surface area contributed by atoms with Crippen LogP contribution in [0.5, 0.6) is 0 Å². The van der Waals surface area contributed by atoms with Crippen LogP contribution in [0.3, 0.4) is 0 Å². The minimum atomic E-state index is -0.381. The molecule has 0 aliphatic carbocycles. The highest BCUT2D eigenvalue weighted by Gasteiger charge is 2.09. The van der Waals surface area contributed by atoms with Crippen molar-refractivity contribution in [2.45, 2.75) is 18.9 Å². The van der Waals surface area contributed by atoms with Crippen LogP contribution >= 0.6 is 15.9 Å². The summed E-state index contributed by atoms with van der Waals surface area (Å²) in [5.74, 6) is 0. The maximum absolute atomic E-state index is 10.2. The lowest BCUT2D eigenvalue weighted by atomic mass is 10.1. The molecule has 0 heterocycles. The molecule has 0 saturated carbocycles. The highest BCUT2D eigenvalue weighted by molar-refractivity contribution is 9.10. The van der Waals surface area contributed by atoms with Gasteiger partial charge in [0.1, 0.15) is 0 Å². The summed E-state index contributed by atoms with van der Waals surface area (Å²) in [6, 6.07) is 7.89. The highest BCUT2D eigenvalue weighted by Crippen LogP contribution is 2.20. The van der Waals surface area contributed by atoms with E-state index in [1.807, 2.05) is 24.3 Å². The lowest BCUT2D eigenvalue weighted by molar-refractivity contribution is 0.148. The van der Waals surface area contributed by atoms with Gasteiger partial charge in [-0.05, 0) is 64.8 Å². The van der Waals surface area contributed by atoms with Crippen LogP contribution < -0.4 is 0 Å². The fourth-order valence-electron chi connectivity index (χ4n) is 1.99. The number of aliphatic hydroxyl groups excluding tert-OH is 1. The molecule has 108 valence electrons. The number of benzene rings is 1. The van der Waals surface area contributed by atoms with Crippen LogP contribution in [0.15, 0.2) is 28.7 Å². The third kappa shape index (κ3) is 7.06. The first kappa shape index (κ1) is 16.6. The summed E-state index contributed by atoms with van der Waals surface area (Å²) in [5, 5.41) is 10.2. The number of hydrogen-bond acceptors (Lipinski definition) is 3. The molecule has 0 bridgehead atoms. The molecule has 0 fully saturated rings. The molecule has 0 radical (unpaired) electrons. The molecule has 1 aromatic carbocycles. The molecule has 0 amide bonds. The van der Waals surface area contributed by atoms with Crippen LogP contribution in [0.2, 0.25) is 0 Å². The summed E-state index contributed by atoms with van der Waals surface area (Å²) in [7, 11) is 6.30. The van der Waals surface area contributed by atoms with Crippen LogP contribution in [0.1, 0.15) is 24.5 Å². The molecule has 1 N–H and O–H groups in total. The molecule has 1 atom stereocenters. The molecule has 3 nitrogen and oxygen atoms in total. The van der Waals surface area contributed by atoms with Crippen LogP contribution in [0.4, 0.5) is 0 Å². The van der Waals surface area contributed by atoms with Crippen molar-refractivity contribution < 1.29 is 5.11 Å². The number of rotatable bonds is 8. The molecule has 1 rings (SSSR count). The van der Waals surface area contributed by atoms with Crippen LogP contribution in [-0.2, 0) is 0 Å². The molecule has 1 aromatic rings. The first-order chi connectivity index (χ1) is 8.99. The monoisotopic (exact) mass is 328 g/mol. The van der Waals surface area contributed by atoms with E-state index in [1.165, 1.54) is 0 Å². The standard InChI is InChI=1S/C15H25BrN2O/c1-17(2)9-5-10-18(3)11-8-15(19)13-6-4-7-14(16)12-13/h4,6-7,12,15,19H,5,8-11H2,1-3H3. The van der Waals surface area contributed by atoms with Crippen molar-refractivity contribution in [3.8, 4) is 0 Å². The highest BCUT2D eigenvalue weighted by atomic mass is 79.9. The first-order valence-corrected chi connectivity index (χ1v) is 7.55. The molecular weight excluding hydrogens is 304 g/mol. The molecular formula is C15H25BrN2O. The van der Waals surface area contributed by atoms with Crippen molar-refractivity contribution in [2.75, 3.05) is 40.8 Å². The summed E-state index contributed by atoms with van der Waals surface area (Å²) in [5.41, 5.74) is 0.982. The average molecular weight is 329 g/mol. The maximum atomic E-state index is 10.2. The molecule has 1 unspecified atom stereocenters. The molecule has 0 spiro atoms. The van der Waals surface area contributed by atoms with Gasteiger partial charge < -0.3 is 14.9 Å². The quantitative estimate of drug-likeness (QED) is 0.794.